The molecule has 1 atom stereocenters. The maximum absolute atomic E-state index is 5.71. The van der Waals surface area contributed by atoms with Crippen molar-refractivity contribution >= 4 is 12.4 Å². The summed E-state index contributed by atoms with van der Waals surface area (Å²) in [6.45, 7) is 6.45. The van der Waals surface area contributed by atoms with E-state index in [0.717, 1.165) is 17.7 Å². The van der Waals surface area contributed by atoms with Crippen molar-refractivity contribution in [3.8, 4) is 5.75 Å². The van der Waals surface area contributed by atoms with E-state index in [0.29, 0.717) is 24.4 Å². The number of hydrogen-bond acceptors (Lipinski definition) is 5. The van der Waals surface area contributed by atoms with Crippen LogP contribution in [0.15, 0.2) is 22.7 Å². The fourth-order valence-corrected chi connectivity index (χ4v) is 1.91. The van der Waals surface area contributed by atoms with Crippen molar-refractivity contribution in [1.29, 1.82) is 0 Å². The third-order valence-corrected chi connectivity index (χ3v) is 3.17. The Balaban J connectivity index is 0.00000220. The van der Waals surface area contributed by atoms with Crippen molar-refractivity contribution in [2.24, 2.45) is 0 Å². The lowest BCUT2D eigenvalue weighted by atomic mass is 10.1. The molecule has 0 amide bonds. The van der Waals surface area contributed by atoms with Crippen LogP contribution in [0.5, 0.6) is 5.75 Å². The molecular formula is C15H22ClN3O2. The Hall–Kier alpha value is -1.59. The number of likely N-dealkylation sites (N-methyl/N-ethyl adjacent to an activating group) is 1. The molecule has 0 saturated carbocycles. The number of aromatic nitrogens is 2. The van der Waals surface area contributed by atoms with Crippen LogP contribution in [0.25, 0.3) is 0 Å². The van der Waals surface area contributed by atoms with E-state index in [1.54, 1.807) is 0 Å². The van der Waals surface area contributed by atoms with Crippen molar-refractivity contribution in [1.82, 2.24) is 15.5 Å². The predicted molar refractivity (Wildman–Crippen MR) is 84.0 cm³/mol. The van der Waals surface area contributed by atoms with Gasteiger partial charge in [0.2, 0.25) is 0 Å². The number of rotatable bonds is 6. The zero-order valence-electron chi connectivity index (χ0n) is 12.8. The lowest BCUT2D eigenvalue weighted by Gasteiger charge is -2.07. The molecule has 1 aromatic heterocycles. The second-order valence-electron chi connectivity index (χ2n) is 5.06. The molecule has 0 saturated heterocycles. The number of ether oxygens (including phenoxy) is 1. The zero-order chi connectivity index (χ0) is 14.5. The van der Waals surface area contributed by atoms with E-state index >= 15 is 0 Å². The number of hydrogen-bond donors (Lipinski definition) is 1. The summed E-state index contributed by atoms with van der Waals surface area (Å²) in [4.78, 5) is 4.32. The van der Waals surface area contributed by atoms with Crippen molar-refractivity contribution in [2.45, 2.75) is 39.8 Å². The molecule has 0 aliphatic rings. The van der Waals surface area contributed by atoms with Gasteiger partial charge in [-0.3, -0.25) is 0 Å². The Morgan fingerprint density at radius 2 is 2.10 bits per heavy atom. The normalized spacial score (nSPS) is 11.8. The maximum Gasteiger partial charge on any atom is 0.264 e. The van der Waals surface area contributed by atoms with Crippen molar-refractivity contribution in [3.05, 3.63) is 41.0 Å². The van der Waals surface area contributed by atoms with Gasteiger partial charge in [-0.2, -0.15) is 4.98 Å². The van der Waals surface area contributed by atoms with Crippen LogP contribution in [0, 0.1) is 13.8 Å². The smallest absolute Gasteiger partial charge is 0.264 e. The minimum absolute atomic E-state index is 0. The molecule has 2 rings (SSSR count). The molecule has 0 fully saturated rings. The lowest BCUT2D eigenvalue weighted by Crippen LogP contribution is -2.24. The van der Waals surface area contributed by atoms with Crippen LogP contribution in [0.1, 0.15) is 29.8 Å². The van der Waals surface area contributed by atoms with E-state index in [4.69, 9.17) is 9.26 Å². The molecule has 6 heteroatoms. The molecular weight excluding hydrogens is 290 g/mol. The Morgan fingerprint density at radius 3 is 2.76 bits per heavy atom. The Bertz CT molecular complexity index is 572. The molecule has 0 radical (unpaired) electrons. The second-order valence-corrected chi connectivity index (χ2v) is 5.06. The van der Waals surface area contributed by atoms with Gasteiger partial charge < -0.3 is 14.6 Å². The molecule has 21 heavy (non-hydrogen) atoms. The minimum atomic E-state index is 0. The van der Waals surface area contributed by atoms with E-state index in [1.165, 1.54) is 5.56 Å². The van der Waals surface area contributed by atoms with Gasteiger partial charge in [0.25, 0.3) is 5.89 Å². The lowest BCUT2D eigenvalue weighted by molar-refractivity contribution is 0.241. The van der Waals surface area contributed by atoms with Gasteiger partial charge in [0, 0.05) is 12.5 Å². The van der Waals surface area contributed by atoms with E-state index in [2.05, 4.69) is 35.4 Å². The summed E-state index contributed by atoms with van der Waals surface area (Å²) in [6, 6.07) is 6.39. The van der Waals surface area contributed by atoms with Crippen LogP contribution in [0.2, 0.25) is 0 Å². The van der Waals surface area contributed by atoms with Gasteiger partial charge in [0.05, 0.1) is 0 Å². The standard InChI is InChI=1S/C15H21N3O2.ClH/c1-10-5-6-13(11(2)7-10)19-9-15-17-14(18-20-15)8-12(3)16-4;/h5-7,12,16H,8-9H2,1-4H3;1H. The van der Waals surface area contributed by atoms with Crippen LogP contribution in [0.3, 0.4) is 0 Å². The van der Waals surface area contributed by atoms with Crippen molar-refractivity contribution in [3.63, 3.8) is 0 Å². The molecule has 116 valence electrons. The molecule has 0 aliphatic heterocycles. The molecule has 0 aliphatic carbocycles. The first-order chi connectivity index (χ1) is 9.58. The Kier molecular flexibility index (Phi) is 6.65. The summed E-state index contributed by atoms with van der Waals surface area (Å²) >= 11 is 0. The molecule has 1 unspecified atom stereocenters. The molecule has 1 N–H and O–H groups in total. The van der Waals surface area contributed by atoms with Gasteiger partial charge >= 0.3 is 0 Å². The monoisotopic (exact) mass is 311 g/mol. The SMILES string of the molecule is CNC(C)Cc1noc(COc2ccc(C)cc2C)n1.Cl. The van der Waals surface area contributed by atoms with E-state index in [9.17, 15) is 0 Å². The summed E-state index contributed by atoms with van der Waals surface area (Å²) < 4.78 is 10.9. The molecule has 2 aromatic rings. The number of benzene rings is 1. The van der Waals surface area contributed by atoms with Gasteiger partial charge in [0.15, 0.2) is 12.4 Å². The predicted octanol–water partition coefficient (Wildman–Crippen LogP) is 2.84. The van der Waals surface area contributed by atoms with Crippen LogP contribution in [-0.2, 0) is 13.0 Å². The van der Waals surface area contributed by atoms with Crippen LogP contribution < -0.4 is 10.1 Å². The van der Waals surface area contributed by atoms with E-state index < -0.39 is 0 Å². The van der Waals surface area contributed by atoms with Crippen LogP contribution in [-0.4, -0.2) is 23.2 Å². The van der Waals surface area contributed by atoms with Crippen LogP contribution in [0.4, 0.5) is 0 Å². The highest BCUT2D eigenvalue weighted by molar-refractivity contribution is 5.85. The summed E-state index contributed by atoms with van der Waals surface area (Å²) in [5.41, 5.74) is 2.32. The number of aryl methyl sites for hydroxylation is 2. The third-order valence-electron chi connectivity index (χ3n) is 3.17. The number of halogens is 1. The average molecular weight is 312 g/mol. The minimum Gasteiger partial charge on any atom is -0.483 e. The first-order valence-corrected chi connectivity index (χ1v) is 6.77. The summed E-state index contributed by atoms with van der Waals surface area (Å²) in [6.07, 6.45) is 0.740. The highest BCUT2D eigenvalue weighted by Crippen LogP contribution is 2.19. The Labute approximate surface area is 131 Å². The Morgan fingerprint density at radius 1 is 1.33 bits per heavy atom. The largest absolute Gasteiger partial charge is 0.483 e. The van der Waals surface area contributed by atoms with Crippen LogP contribution >= 0.6 is 12.4 Å². The van der Waals surface area contributed by atoms with Gasteiger partial charge in [-0.05, 0) is 39.4 Å². The first-order valence-electron chi connectivity index (χ1n) is 6.77. The second kappa shape index (κ2) is 8.00. The summed E-state index contributed by atoms with van der Waals surface area (Å²) in [5, 5.41) is 7.09. The molecule has 1 aromatic carbocycles. The van der Waals surface area contributed by atoms with Gasteiger partial charge in [0.1, 0.15) is 5.75 Å². The average Bonchev–Trinajstić information content (AvgIpc) is 2.85. The van der Waals surface area contributed by atoms with Crippen molar-refractivity contribution < 1.29 is 9.26 Å². The first kappa shape index (κ1) is 17.5. The molecule has 0 spiro atoms. The number of nitrogens with zero attached hydrogens (tertiary/aromatic N) is 2. The van der Waals surface area contributed by atoms with Gasteiger partial charge in [-0.25, -0.2) is 0 Å². The topological polar surface area (TPSA) is 60.2 Å². The van der Waals surface area contributed by atoms with Crippen molar-refractivity contribution in [2.75, 3.05) is 7.05 Å². The third kappa shape index (κ3) is 5.02. The van der Waals surface area contributed by atoms with Gasteiger partial charge in [-0.15, -0.1) is 12.4 Å². The van der Waals surface area contributed by atoms with E-state index in [1.807, 2.05) is 26.1 Å². The summed E-state index contributed by atoms with van der Waals surface area (Å²) in [5.74, 6) is 2.05. The number of nitrogens with one attached hydrogen (secondary N) is 1. The fourth-order valence-electron chi connectivity index (χ4n) is 1.91. The quantitative estimate of drug-likeness (QED) is 0.889. The molecule has 5 nitrogen and oxygen atoms in total. The highest BCUT2D eigenvalue weighted by Gasteiger charge is 2.10. The summed E-state index contributed by atoms with van der Waals surface area (Å²) in [7, 11) is 1.91. The molecule has 0 bridgehead atoms. The fraction of sp³-hybridized carbons (Fsp3) is 0.467. The maximum atomic E-state index is 5.71. The zero-order valence-corrected chi connectivity index (χ0v) is 13.7. The molecule has 1 heterocycles. The highest BCUT2D eigenvalue weighted by atomic mass is 35.5. The van der Waals surface area contributed by atoms with E-state index in [-0.39, 0.29) is 12.4 Å². The van der Waals surface area contributed by atoms with Gasteiger partial charge in [-0.1, -0.05) is 22.9 Å².